The van der Waals surface area contributed by atoms with Gasteiger partial charge in [-0.15, -0.1) is 0 Å². The van der Waals surface area contributed by atoms with Crippen LogP contribution in [0.1, 0.15) is 17.3 Å². The molecule has 0 radical (unpaired) electrons. The lowest BCUT2D eigenvalue weighted by atomic mass is 10.2. The minimum atomic E-state index is -0.179. The summed E-state index contributed by atoms with van der Waals surface area (Å²) in [4.78, 5) is 28.4. The van der Waals surface area contributed by atoms with Crippen LogP contribution in [-0.2, 0) is 7.05 Å². The monoisotopic (exact) mass is 308 g/mol. The molecule has 2 heterocycles. The molecule has 2 rings (SSSR count). The molecule has 1 atom stereocenters. The Morgan fingerprint density at radius 2 is 1.95 bits per heavy atom. The van der Waals surface area contributed by atoms with Crippen LogP contribution >= 0.6 is 12.2 Å². The van der Waals surface area contributed by atoms with Crippen molar-refractivity contribution in [3.8, 4) is 0 Å². The Morgan fingerprint density at radius 1 is 1.33 bits per heavy atom. The van der Waals surface area contributed by atoms with E-state index in [9.17, 15) is 9.59 Å². The van der Waals surface area contributed by atoms with Gasteiger partial charge in [-0.25, -0.2) is 0 Å². The van der Waals surface area contributed by atoms with E-state index in [2.05, 4.69) is 4.90 Å². The number of rotatable bonds is 3. The van der Waals surface area contributed by atoms with Gasteiger partial charge >= 0.3 is 0 Å². The van der Waals surface area contributed by atoms with Crippen molar-refractivity contribution in [1.82, 2.24) is 14.4 Å². The third-order valence-electron chi connectivity index (χ3n) is 3.91. The van der Waals surface area contributed by atoms with Crippen molar-refractivity contribution in [3.63, 3.8) is 0 Å². The number of aromatic nitrogens is 1. The Hall–Kier alpha value is -1.73. The van der Waals surface area contributed by atoms with Gasteiger partial charge in [0.2, 0.25) is 0 Å². The van der Waals surface area contributed by atoms with Crippen LogP contribution in [0, 0.1) is 0 Å². The summed E-state index contributed by atoms with van der Waals surface area (Å²) in [5.41, 5.74) is 5.92. The highest BCUT2D eigenvalue weighted by molar-refractivity contribution is 7.80. The van der Waals surface area contributed by atoms with Crippen molar-refractivity contribution in [2.45, 2.75) is 13.0 Å². The molecule has 21 heavy (non-hydrogen) atoms. The van der Waals surface area contributed by atoms with E-state index in [1.807, 2.05) is 6.92 Å². The summed E-state index contributed by atoms with van der Waals surface area (Å²) in [6.45, 7) is 4.66. The zero-order valence-electron chi connectivity index (χ0n) is 12.3. The average molecular weight is 308 g/mol. The number of amides is 1. The van der Waals surface area contributed by atoms with Crippen molar-refractivity contribution in [2.75, 3.05) is 26.2 Å². The second-order valence-corrected chi connectivity index (χ2v) is 5.74. The summed E-state index contributed by atoms with van der Waals surface area (Å²) in [7, 11) is 1.66. The fourth-order valence-corrected chi connectivity index (χ4v) is 2.51. The summed E-state index contributed by atoms with van der Waals surface area (Å²) in [5, 5.41) is 0. The summed E-state index contributed by atoms with van der Waals surface area (Å²) in [6, 6.07) is 3.10. The van der Waals surface area contributed by atoms with Gasteiger partial charge in [0.05, 0.1) is 11.0 Å². The number of thiocarbonyl (C=S) groups is 1. The molecule has 7 heteroatoms. The van der Waals surface area contributed by atoms with E-state index in [-0.39, 0.29) is 17.5 Å². The van der Waals surface area contributed by atoms with Crippen LogP contribution in [-0.4, -0.2) is 57.5 Å². The van der Waals surface area contributed by atoms with E-state index < -0.39 is 0 Å². The van der Waals surface area contributed by atoms with Gasteiger partial charge in [0.15, 0.2) is 0 Å². The maximum atomic E-state index is 12.4. The first kappa shape index (κ1) is 15.7. The van der Waals surface area contributed by atoms with Crippen LogP contribution in [0.15, 0.2) is 23.1 Å². The molecule has 0 spiro atoms. The lowest BCUT2D eigenvalue weighted by Gasteiger charge is -2.37. The molecule has 1 saturated heterocycles. The van der Waals surface area contributed by atoms with Crippen molar-refractivity contribution in [2.24, 2.45) is 12.8 Å². The van der Waals surface area contributed by atoms with Crippen molar-refractivity contribution in [3.05, 3.63) is 34.2 Å². The van der Waals surface area contributed by atoms with Gasteiger partial charge in [-0.3, -0.25) is 14.5 Å². The highest BCUT2D eigenvalue weighted by atomic mass is 32.1. The topological polar surface area (TPSA) is 71.6 Å². The number of hydrogen-bond donors (Lipinski definition) is 1. The molecule has 0 aromatic carbocycles. The zero-order valence-corrected chi connectivity index (χ0v) is 13.1. The fourth-order valence-electron chi connectivity index (χ4n) is 2.36. The number of nitrogens with two attached hydrogens (primary N) is 1. The van der Waals surface area contributed by atoms with Crippen LogP contribution in [0.3, 0.4) is 0 Å². The number of aryl methyl sites for hydroxylation is 1. The van der Waals surface area contributed by atoms with E-state index >= 15 is 0 Å². The molecule has 0 saturated carbocycles. The highest BCUT2D eigenvalue weighted by Crippen LogP contribution is 2.10. The Bertz CT molecular complexity index is 605. The van der Waals surface area contributed by atoms with E-state index in [1.165, 1.54) is 10.6 Å². The maximum Gasteiger partial charge on any atom is 0.254 e. The molecule has 6 nitrogen and oxygen atoms in total. The van der Waals surface area contributed by atoms with Crippen molar-refractivity contribution in [1.29, 1.82) is 0 Å². The first-order chi connectivity index (χ1) is 9.90. The molecule has 114 valence electrons. The van der Waals surface area contributed by atoms with Crippen LogP contribution in [0.5, 0.6) is 0 Å². The lowest BCUT2D eigenvalue weighted by Crippen LogP contribution is -2.54. The first-order valence-corrected chi connectivity index (χ1v) is 7.30. The van der Waals surface area contributed by atoms with E-state index in [0.29, 0.717) is 23.6 Å². The number of carbonyl (C=O) groups is 1. The van der Waals surface area contributed by atoms with Gasteiger partial charge in [0.1, 0.15) is 0 Å². The smallest absolute Gasteiger partial charge is 0.254 e. The summed E-state index contributed by atoms with van der Waals surface area (Å²) < 4.78 is 1.44. The molecule has 1 aliphatic heterocycles. The molecular weight excluding hydrogens is 288 g/mol. The predicted molar refractivity (Wildman–Crippen MR) is 85.4 cm³/mol. The summed E-state index contributed by atoms with van der Waals surface area (Å²) in [6.07, 6.45) is 1.61. The number of carbonyl (C=O) groups excluding carboxylic acids is 1. The number of nitrogens with zero attached hydrogens (tertiary/aromatic N) is 3. The molecule has 1 aromatic rings. The molecule has 0 aliphatic carbocycles. The Labute approximate surface area is 129 Å². The molecular formula is C14H20N4O2S. The van der Waals surface area contributed by atoms with Crippen LogP contribution in [0.25, 0.3) is 0 Å². The normalized spacial score (nSPS) is 17.5. The van der Waals surface area contributed by atoms with Gasteiger partial charge in [-0.1, -0.05) is 12.2 Å². The zero-order chi connectivity index (χ0) is 15.6. The number of hydrogen-bond acceptors (Lipinski definition) is 4. The number of piperazine rings is 1. The molecule has 1 aliphatic rings. The fraction of sp³-hybridized carbons (Fsp3) is 0.500. The minimum absolute atomic E-state index is 0.0428. The lowest BCUT2D eigenvalue weighted by molar-refractivity contribution is 0.0621. The van der Waals surface area contributed by atoms with Gasteiger partial charge < -0.3 is 15.2 Å². The highest BCUT2D eigenvalue weighted by Gasteiger charge is 2.25. The second kappa shape index (κ2) is 6.36. The van der Waals surface area contributed by atoms with Crippen LogP contribution in [0.4, 0.5) is 0 Å². The second-order valence-electron chi connectivity index (χ2n) is 5.27. The van der Waals surface area contributed by atoms with Crippen molar-refractivity contribution < 1.29 is 4.79 Å². The largest absolute Gasteiger partial charge is 0.392 e. The van der Waals surface area contributed by atoms with Crippen LogP contribution < -0.4 is 11.3 Å². The third-order valence-corrected chi connectivity index (χ3v) is 4.25. The minimum Gasteiger partial charge on any atom is -0.392 e. The molecule has 1 amide bonds. The molecule has 1 aromatic heterocycles. The molecule has 0 bridgehead atoms. The third kappa shape index (κ3) is 3.48. The van der Waals surface area contributed by atoms with Gasteiger partial charge in [-0.2, -0.15) is 0 Å². The Morgan fingerprint density at radius 3 is 2.48 bits per heavy atom. The first-order valence-electron chi connectivity index (χ1n) is 6.89. The predicted octanol–water partition coefficient (Wildman–Crippen LogP) is -0.182. The van der Waals surface area contributed by atoms with E-state index in [4.69, 9.17) is 18.0 Å². The summed E-state index contributed by atoms with van der Waals surface area (Å²) >= 11 is 5.00. The van der Waals surface area contributed by atoms with Gasteiger partial charge in [-0.05, 0) is 13.0 Å². The van der Waals surface area contributed by atoms with Crippen LogP contribution in [0.2, 0.25) is 0 Å². The van der Waals surface area contributed by atoms with E-state index in [1.54, 1.807) is 24.2 Å². The van der Waals surface area contributed by atoms with Gasteiger partial charge in [0, 0.05) is 51.1 Å². The molecule has 2 N–H and O–H groups in total. The quantitative estimate of drug-likeness (QED) is 0.784. The Kier molecular flexibility index (Phi) is 4.74. The van der Waals surface area contributed by atoms with Crippen molar-refractivity contribution >= 4 is 23.1 Å². The number of pyridine rings is 1. The SMILES string of the molecule is CC(C(N)=S)N1CCN(C(=O)c2ccn(C)c(=O)c2)CC1. The Balaban J connectivity index is 2.01. The van der Waals surface area contributed by atoms with E-state index in [0.717, 1.165) is 13.1 Å². The average Bonchev–Trinajstić information content (AvgIpc) is 2.48. The summed E-state index contributed by atoms with van der Waals surface area (Å²) in [5.74, 6) is -0.102. The maximum absolute atomic E-state index is 12.4. The van der Waals surface area contributed by atoms with Gasteiger partial charge in [0.25, 0.3) is 11.5 Å². The molecule has 1 unspecified atom stereocenters. The standard InChI is InChI=1S/C14H20N4O2S/c1-10(13(15)21)17-5-7-18(8-6-17)14(20)11-3-4-16(2)12(19)9-11/h3-4,9-10H,5-8H2,1-2H3,(H2,15,21). The molecule has 1 fully saturated rings.